The molecule has 0 spiro atoms. The Labute approximate surface area is 119 Å². The van der Waals surface area contributed by atoms with E-state index in [2.05, 4.69) is 22.2 Å². The maximum Gasteiger partial charge on any atom is 0.221 e. The molecule has 1 aromatic rings. The van der Waals surface area contributed by atoms with Crippen molar-refractivity contribution in [1.82, 2.24) is 15.3 Å². The Morgan fingerprint density at radius 3 is 2.95 bits per heavy atom. The van der Waals surface area contributed by atoms with Gasteiger partial charge < -0.3 is 21.5 Å². The molecule has 1 aromatic heterocycles. The lowest BCUT2D eigenvalue weighted by Gasteiger charge is -2.30. The van der Waals surface area contributed by atoms with E-state index in [1.165, 1.54) is 12.8 Å². The van der Waals surface area contributed by atoms with Crippen LogP contribution < -0.4 is 16.8 Å². The summed E-state index contributed by atoms with van der Waals surface area (Å²) in [6.45, 7) is 4.79. The van der Waals surface area contributed by atoms with Gasteiger partial charge in [-0.2, -0.15) is 4.98 Å². The number of anilines is 2. The van der Waals surface area contributed by atoms with Gasteiger partial charge in [0.25, 0.3) is 0 Å². The highest BCUT2D eigenvalue weighted by Crippen LogP contribution is 2.47. The van der Waals surface area contributed by atoms with E-state index in [-0.39, 0.29) is 11.4 Å². The molecule has 0 amide bonds. The average molecular weight is 277 g/mol. The molecule has 2 fully saturated rings. The van der Waals surface area contributed by atoms with Gasteiger partial charge in [-0.05, 0) is 25.2 Å². The molecule has 5 N–H and O–H groups in total. The second-order valence-corrected chi connectivity index (χ2v) is 6.28. The second kappa shape index (κ2) is 5.18. The minimum absolute atomic E-state index is 0.219. The highest BCUT2D eigenvalue weighted by molar-refractivity contribution is 5.41. The number of ether oxygens (including phenoxy) is 1. The average Bonchev–Trinajstić information content (AvgIpc) is 3.16. The Kier molecular flexibility index (Phi) is 3.52. The van der Waals surface area contributed by atoms with Crippen LogP contribution in [0.15, 0.2) is 6.20 Å². The van der Waals surface area contributed by atoms with Gasteiger partial charge in [-0.15, -0.1) is 0 Å². The quantitative estimate of drug-likeness (QED) is 0.740. The van der Waals surface area contributed by atoms with Crippen molar-refractivity contribution >= 4 is 11.8 Å². The molecule has 1 saturated carbocycles. The van der Waals surface area contributed by atoms with Crippen molar-refractivity contribution < 1.29 is 4.74 Å². The van der Waals surface area contributed by atoms with Crippen LogP contribution in [0.3, 0.4) is 0 Å². The molecule has 110 valence electrons. The first-order valence-electron chi connectivity index (χ1n) is 7.28. The minimum atomic E-state index is 0.219. The maximum atomic E-state index is 5.93. The third kappa shape index (κ3) is 2.71. The van der Waals surface area contributed by atoms with Crippen molar-refractivity contribution in [3.8, 4) is 0 Å². The molecule has 1 aliphatic heterocycles. The molecule has 1 aliphatic carbocycles. The molecule has 0 radical (unpaired) electrons. The van der Waals surface area contributed by atoms with Gasteiger partial charge in [-0.1, -0.05) is 6.92 Å². The number of nitrogens with zero attached hydrogens (tertiary/aromatic N) is 2. The molecule has 1 saturated heterocycles. The normalized spacial score (nSPS) is 29.8. The predicted octanol–water partition coefficient (Wildman–Crippen LogP) is 0.936. The van der Waals surface area contributed by atoms with Crippen LogP contribution in [0.1, 0.15) is 31.7 Å². The molecule has 0 aromatic carbocycles. The molecule has 6 nitrogen and oxygen atoms in total. The van der Waals surface area contributed by atoms with Crippen LogP contribution in [0.2, 0.25) is 0 Å². The zero-order valence-corrected chi connectivity index (χ0v) is 11.9. The first-order valence-corrected chi connectivity index (χ1v) is 7.28. The summed E-state index contributed by atoms with van der Waals surface area (Å²) >= 11 is 0. The number of nitrogens with one attached hydrogen (secondary N) is 1. The van der Waals surface area contributed by atoms with Crippen LogP contribution >= 0.6 is 0 Å². The fraction of sp³-hybridized carbons (Fsp3) is 0.714. The Bertz CT molecular complexity index is 490. The van der Waals surface area contributed by atoms with Crippen LogP contribution in [0.25, 0.3) is 0 Å². The van der Waals surface area contributed by atoms with Crippen molar-refractivity contribution in [2.45, 2.75) is 38.8 Å². The number of hydrogen-bond acceptors (Lipinski definition) is 6. The lowest BCUT2D eigenvalue weighted by molar-refractivity contribution is 0.0386. The van der Waals surface area contributed by atoms with E-state index in [4.69, 9.17) is 16.2 Å². The summed E-state index contributed by atoms with van der Waals surface area (Å²) in [4.78, 5) is 7.96. The molecule has 2 heterocycles. The van der Waals surface area contributed by atoms with Gasteiger partial charge in [0.15, 0.2) is 0 Å². The standard InChI is InChI=1S/C14H23N5O/c1-14(4-5-20-11(14)9-2-3-9)8-17-6-10-7-18-13(16)19-12(10)15/h7,9,11,17H,2-6,8H2,1H3,(H4,15,16,18,19). The Morgan fingerprint density at radius 1 is 1.45 bits per heavy atom. The number of rotatable bonds is 5. The van der Waals surface area contributed by atoms with Gasteiger partial charge in [-0.3, -0.25) is 0 Å². The van der Waals surface area contributed by atoms with Gasteiger partial charge in [0, 0.05) is 36.9 Å². The highest BCUT2D eigenvalue weighted by atomic mass is 16.5. The second-order valence-electron chi connectivity index (χ2n) is 6.28. The third-order valence-corrected chi connectivity index (χ3v) is 4.47. The molecule has 6 heteroatoms. The molecular formula is C14H23N5O. The van der Waals surface area contributed by atoms with Gasteiger partial charge in [0.2, 0.25) is 5.95 Å². The zero-order chi connectivity index (χ0) is 14.2. The Morgan fingerprint density at radius 2 is 2.25 bits per heavy atom. The predicted molar refractivity (Wildman–Crippen MR) is 77.8 cm³/mol. The van der Waals surface area contributed by atoms with E-state index in [1.54, 1.807) is 6.20 Å². The molecule has 3 rings (SSSR count). The molecule has 2 aliphatic rings. The first kappa shape index (κ1) is 13.6. The van der Waals surface area contributed by atoms with Crippen LogP contribution in [0.5, 0.6) is 0 Å². The summed E-state index contributed by atoms with van der Waals surface area (Å²) in [7, 11) is 0. The Balaban J connectivity index is 1.56. The topological polar surface area (TPSA) is 99.1 Å². The van der Waals surface area contributed by atoms with Crippen molar-refractivity contribution in [1.29, 1.82) is 0 Å². The smallest absolute Gasteiger partial charge is 0.221 e. The lowest BCUT2D eigenvalue weighted by Crippen LogP contribution is -2.39. The van der Waals surface area contributed by atoms with Crippen LogP contribution in [0.4, 0.5) is 11.8 Å². The van der Waals surface area contributed by atoms with Gasteiger partial charge >= 0.3 is 0 Å². The van der Waals surface area contributed by atoms with Gasteiger partial charge in [0.1, 0.15) is 5.82 Å². The highest BCUT2D eigenvalue weighted by Gasteiger charge is 2.47. The monoisotopic (exact) mass is 277 g/mol. The molecule has 2 unspecified atom stereocenters. The SMILES string of the molecule is CC1(CNCc2cnc(N)nc2N)CCOC1C1CC1. The molecule has 2 atom stereocenters. The van der Waals surface area contributed by atoms with Crippen LogP contribution in [-0.4, -0.2) is 29.2 Å². The summed E-state index contributed by atoms with van der Waals surface area (Å²) in [6, 6.07) is 0. The fourth-order valence-electron chi connectivity index (χ4n) is 3.11. The zero-order valence-electron chi connectivity index (χ0n) is 11.9. The largest absolute Gasteiger partial charge is 0.383 e. The fourth-order valence-corrected chi connectivity index (χ4v) is 3.11. The summed E-state index contributed by atoms with van der Waals surface area (Å²) < 4.78 is 5.93. The van der Waals surface area contributed by atoms with E-state index >= 15 is 0 Å². The van der Waals surface area contributed by atoms with Crippen LogP contribution in [0, 0.1) is 11.3 Å². The number of hydrogen-bond donors (Lipinski definition) is 3. The van der Waals surface area contributed by atoms with Crippen molar-refractivity contribution in [3.63, 3.8) is 0 Å². The third-order valence-electron chi connectivity index (χ3n) is 4.47. The van der Waals surface area contributed by atoms with E-state index in [9.17, 15) is 0 Å². The minimum Gasteiger partial charge on any atom is -0.383 e. The Hall–Kier alpha value is -1.40. The summed E-state index contributed by atoms with van der Waals surface area (Å²) in [5.74, 6) is 1.45. The number of nitrogens with two attached hydrogens (primary N) is 2. The molecule has 20 heavy (non-hydrogen) atoms. The lowest BCUT2D eigenvalue weighted by atomic mass is 9.81. The number of nitrogen functional groups attached to an aromatic ring is 2. The van der Waals surface area contributed by atoms with Crippen molar-refractivity contribution in [2.75, 3.05) is 24.6 Å². The van der Waals surface area contributed by atoms with E-state index in [0.717, 1.165) is 31.1 Å². The van der Waals surface area contributed by atoms with Crippen molar-refractivity contribution in [2.24, 2.45) is 11.3 Å². The summed E-state index contributed by atoms with van der Waals surface area (Å²) in [6.07, 6.45) is 5.86. The molecule has 0 bridgehead atoms. The van der Waals surface area contributed by atoms with Gasteiger partial charge in [0.05, 0.1) is 6.10 Å². The van der Waals surface area contributed by atoms with E-state index in [1.807, 2.05) is 0 Å². The number of aromatic nitrogens is 2. The van der Waals surface area contributed by atoms with Gasteiger partial charge in [-0.25, -0.2) is 4.98 Å². The summed E-state index contributed by atoms with van der Waals surface area (Å²) in [5.41, 5.74) is 12.5. The maximum absolute atomic E-state index is 5.93. The van der Waals surface area contributed by atoms with E-state index in [0.29, 0.717) is 18.5 Å². The van der Waals surface area contributed by atoms with E-state index < -0.39 is 0 Å². The van der Waals surface area contributed by atoms with Crippen molar-refractivity contribution in [3.05, 3.63) is 11.8 Å². The molecular weight excluding hydrogens is 254 g/mol. The van der Waals surface area contributed by atoms with Crippen LogP contribution in [-0.2, 0) is 11.3 Å². The summed E-state index contributed by atoms with van der Waals surface area (Å²) in [5, 5.41) is 3.48. The first-order chi connectivity index (χ1) is 9.58.